The molecule has 0 aromatic rings. The second-order valence-corrected chi connectivity index (χ2v) is 5.73. The number of hydrogen-bond donors (Lipinski definition) is 1. The van der Waals surface area contributed by atoms with Gasteiger partial charge in [0.25, 0.3) is 0 Å². The molecule has 0 aromatic carbocycles. The third kappa shape index (κ3) is 4.51. The molecular formula is C13H27N3. The Bertz CT molecular complexity index is 249. The van der Waals surface area contributed by atoms with E-state index in [0.717, 1.165) is 32.4 Å². The Kier molecular flexibility index (Phi) is 5.44. The monoisotopic (exact) mass is 225 g/mol. The predicted octanol–water partition coefficient (Wildman–Crippen LogP) is 2.39. The number of hydrogen-bond acceptors (Lipinski definition) is 3. The van der Waals surface area contributed by atoms with Crippen molar-refractivity contribution in [3.63, 3.8) is 0 Å². The van der Waals surface area contributed by atoms with Crippen LogP contribution in [-0.2, 0) is 0 Å². The van der Waals surface area contributed by atoms with Crippen molar-refractivity contribution in [2.75, 3.05) is 20.1 Å². The van der Waals surface area contributed by atoms with Crippen LogP contribution in [0.3, 0.4) is 0 Å². The zero-order valence-electron chi connectivity index (χ0n) is 10.4. The molecule has 0 aromatic heterocycles. The molecule has 94 valence electrons. The van der Waals surface area contributed by atoms with Crippen molar-refractivity contribution in [3.05, 3.63) is 0 Å². The molecule has 1 unspecified atom stereocenters. The van der Waals surface area contributed by atoms with Crippen molar-refractivity contribution >= 4 is 0 Å². The number of nitrogens with zero attached hydrogens (tertiary/aromatic N) is 2. The molecular weight excluding hydrogens is 198 g/mol. The lowest BCUT2D eigenvalue weighted by atomic mass is 9.89. The van der Waals surface area contributed by atoms with E-state index in [1.807, 2.05) is 0 Å². The van der Waals surface area contributed by atoms with Gasteiger partial charge in [0.15, 0.2) is 0 Å². The van der Waals surface area contributed by atoms with Crippen LogP contribution in [0.25, 0.3) is 0 Å². The lowest BCUT2D eigenvalue weighted by Crippen LogP contribution is -2.53. The largest absolute Gasteiger partial charge is 0.306 e. The number of rotatable bonds is 1. The van der Waals surface area contributed by atoms with Gasteiger partial charge in [-0.3, -0.25) is 5.32 Å². The van der Waals surface area contributed by atoms with Crippen LogP contribution in [-0.4, -0.2) is 36.1 Å². The Morgan fingerprint density at radius 1 is 1.25 bits per heavy atom. The molecule has 0 saturated carbocycles. The molecule has 1 rings (SSSR count). The van der Waals surface area contributed by atoms with E-state index in [-0.39, 0.29) is 18.5 Å². The maximum atomic E-state index is 9.39. The Balaban J connectivity index is 0.00000225. The molecule has 16 heavy (non-hydrogen) atoms. The van der Waals surface area contributed by atoms with E-state index in [2.05, 4.69) is 44.1 Å². The molecule has 0 aliphatic carbocycles. The first-order valence-electron chi connectivity index (χ1n) is 5.76. The summed E-state index contributed by atoms with van der Waals surface area (Å²) in [7, 11) is 2.13. The highest BCUT2D eigenvalue weighted by Crippen LogP contribution is 2.24. The highest BCUT2D eigenvalue weighted by atomic mass is 15.1. The summed E-state index contributed by atoms with van der Waals surface area (Å²) in [6, 6.07) is 2.50. The minimum atomic E-state index is -0.316. The molecule has 1 N–H and O–H groups in total. The van der Waals surface area contributed by atoms with E-state index in [0.29, 0.717) is 0 Å². The molecule has 1 heterocycles. The van der Waals surface area contributed by atoms with Crippen LogP contribution in [0.2, 0.25) is 0 Å². The maximum absolute atomic E-state index is 9.39. The van der Waals surface area contributed by atoms with Gasteiger partial charge in [-0.2, -0.15) is 5.26 Å². The molecule has 1 saturated heterocycles. The second kappa shape index (κ2) is 5.65. The van der Waals surface area contributed by atoms with Gasteiger partial charge in [0.1, 0.15) is 5.54 Å². The molecule has 0 radical (unpaired) electrons. The van der Waals surface area contributed by atoms with Crippen molar-refractivity contribution in [2.45, 2.75) is 58.5 Å². The summed E-state index contributed by atoms with van der Waals surface area (Å²) in [5, 5.41) is 12.9. The zero-order chi connectivity index (χ0) is 11.5. The van der Waals surface area contributed by atoms with E-state index >= 15 is 0 Å². The molecule has 3 heteroatoms. The van der Waals surface area contributed by atoms with Crippen LogP contribution >= 0.6 is 0 Å². The quantitative estimate of drug-likeness (QED) is 0.745. The third-order valence-corrected chi connectivity index (χ3v) is 2.89. The van der Waals surface area contributed by atoms with Gasteiger partial charge < -0.3 is 4.90 Å². The minimum Gasteiger partial charge on any atom is -0.306 e. The Morgan fingerprint density at radius 3 is 2.38 bits per heavy atom. The second-order valence-electron chi connectivity index (χ2n) is 5.73. The molecule has 1 fully saturated rings. The van der Waals surface area contributed by atoms with Gasteiger partial charge in [0, 0.05) is 12.1 Å². The Hall–Kier alpha value is -0.590. The van der Waals surface area contributed by atoms with Gasteiger partial charge in [-0.15, -0.1) is 0 Å². The van der Waals surface area contributed by atoms with Crippen LogP contribution in [0.1, 0.15) is 47.5 Å². The average molecular weight is 225 g/mol. The molecule has 0 amide bonds. The van der Waals surface area contributed by atoms with Gasteiger partial charge in [-0.1, -0.05) is 7.43 Å². The summed E-state index contributed by atoms with van der Waals surface area (Å²) in [5.41, 5.74) is -0.304. The van der Waals surface area contributed by atoms with Gasteiger partial charge in [0.05, 0.1) is 6.07 Å². The lowest BCUT2D eigenvalue weighted by Gasteiger charge is -2.34. The number of likely N-dealkylation sites (tertiary alicyclic amines) is 1. The normalized spacial score (nSPS) is 27.7. The topological polar surface area (TPSA) is 39.1 Å². The summed E-state index contributed by atoms with van der Waals surface area (Å²) in [6.45, 7) is 8.49. The van der Waals surface area contributed by atoms with Gasteiger partial charge in [-0.05, 0) is 53.6 Å². The first kappa shape index (κ1) is 15.4. The first-order chi connectivity index (χ1) is 6.87. The van der Waals surface area contributed by atoms with Crippen molar-refractivity contribution < 1.29 is 0 Å². The smallest absolute Gasteiger partial charge is 0.108 e. The van der Waals surface area contributed by atoms with Crippen LogP contribution in [0, 0.1) is 11.3 Å². The highest BCUT2D eigenvalue weighted by molar-refractivity contribution is 5.10. The summed E-state index contributed by atoms with van der Waals surface area (Å²) >= 11 is 0. The van der Waals surface area contributed by atoms with Crippen LogP contribution in [0.5, 0.6) is 0 Å². The van der Waals surface area contributed by atoms with Crippen LogP contribution in [0.15, 0.2) is 0 Å². The summed E-state index contributed by atoms with van der Waals surface area (Å²) < 4.78 is 0. The summed E-state index contributed by atoms with van der Waals surface area (Å²) in [6.07, 6.45) is 3.00. The number of nitrogens with one attached hydrogen (secondary N) is 1. The maximum Gasteiger partial charge on any atom is 0.108 e. The fourth-order valence-electron chi connectivity index (χ4n) is 2.25. The van der Waals surface area contributed by atoms with E-state index < -0.39 is 0 Å². The van der Waals surface area contributed by atoms with E-state index in [1.54, 1.807) is 0 Å². The van der Waals surface area contributed by atoms with Gasteiger partial charge in [0.2, 0.25) is 0 Å². The minimum absolute atomic E-state index is 0. The van der Waals surface area contributed by atoms with Crippen molar-refractivity contribution in [1.82, 2.24) is 10.2 Å². The zero-order valence-corrected chi connectivity index (χ0v) is 10.4. The third-order valence-electron chi connectivity index (χ3n) is 2.89. The van der Waals surface area contributed by atoms with Crippen molar-refractivity contribution in [1.29, 1.82) is 5.26 Å². The van der Waals surface area contributed by atoms with Gasteiger partial charge >= 0.3 is 0 Å². The molecule has 1 aliphatic rings. The standard InChI is InChI=1S/C12H23N3.CH4/c1-11(2,3)14-12(10-13)6-5-8-15(4)9-7-12;/h14H,5-9H2,1-4H3;1H4. The summed E-state index contributed by atoms with van der Waals surface area (Å²) in [4.78, 5) is 2.31. The first-order valence-corrected chi connectivity index (χ1v) is 5.76. The fraction of sp³-hybridized carbons (Fsp3) is 0.923. The molecule has 1 atom stereocenters. The van der Waals surface area contributed by atoms with Crippen LogP contribution < -0.4 is 5.32 Å². The Labute approximate surface area is 101 Å². The SMILES string of the molecule is C.CN1CCCC(C#N)(NC(C)(C)C)CC1. The van der Waals surface area contributed by atoms with Crippen molar-refractivity contribution in [2.24, 2.45) is 0 Å². The molecule has 1 aliphatic heterocycles. The van der Waals surface area contributed by atoms with Crippen LogP contribution in [0.4, 0.5) is 0 Å². The fourth-order valence-corrected chi connectivity index (χ4v) is 2.25. The number of nitriles is 1. The van der Waals surface area contributed by atoms with E-state index in [1.165, 1.54) is 0 Å². The van der Waals surface area contributed by atoms with E-state index in [9.17, 15) is 5.26 Å². The predicted molar refractivity (Wildman–Crippen MR) is 69.3 cm³/mol. The molecule has 0 bridgehead atoms. The summed E-state index contributed by atoms with van der Waals surface area (Å²) in [5.74, 6) is 0. The van der Waals surface area contributed by atoms with Gasteiger partial charge in [-0.25, -0.2) is 0 Å². The van der Waals surface area contributed by atoms with E-state index in [4.69, 9.17) is 0 Å². The van der Waals surface area contributed by atoms with Crippen molar-refractivity contribution in [3.8, 4) is 6.07 Å². The highest BCUT2D eigenvalue weighted by Gasteiger charge is 2.34. The average Bonchev–Trinajstić information content (AvgIpc) is 2.27. The lowest BCUT2D eigenvalue weighted by molar-refractivity contribution is 0.268. The molecule has 0 spiro atoms. The Morgan fingerprint density at radius 2 is 1.88 bits per heavy atom. The molecule has 3 nitrogen and oxygen atoms in total.